The Bertz CT molecular complexity index is 585. The van der Waals surface area contributed by atoms with Gasteiger partial charge in [0.15, 0.2) is 0 Å². The van der Waals surface area contributed by atoms with Gasteiger partial charge < -0.3 is 5.73 Å². The number of nitrogens with zero attached hydrogens (tertiary/aromatic N) is 1. The van der Waals surface area contributed by atoms with Gasteiger partial charge in [-0.3, -0.25) is 0 Å². The monoisotopic (exact) mass is 240 g/mol. The third-order valence-corrected chi connectivity index (χ3v) is 3.72. The number of aryl methyl sites for hydroxylation is 1. The Morgan fingerprint density at radius 1 is 1.12 bits per heavy atom. The van der Waals surface area contributed by atoms with Gasteiger partial charge in [0.1, 0.15) is 0 Å². The molecule has 0 spiro atoms. The number of nitrogen functional groups attached to an aromatic ring is 1. The molecule has 2 rings (SSSR count). The van der Waals surface area contributed by atoms with E-state index in [4.69, 9.17) is 11.0 Å². The molecule has 2 nitrogen and oxygen atoms in total. The summed E-state index contributed by atoms with van der Waals surface area (Å²) in [4.78, 5) is 2.17. The summed E-state index contributed by atoms with van der Waals surface area (Å²) in [6.07, 6.45) is 0. The summed E-state index contributed by atoms with van der Waals surface area (Å²) in [6.45, 7) is 2.07. The lowest BCUT2D eigenvalue weighted by molar-refractivity contribution is 1.29. The van der Waals surface area contributed by atoms with Crippen molar-refractivity contribution in [2.45, 2.75) is 16.7 Å². The molecule has 0 amide bonds. The maximum absolute atomic E-state index is 8.77. The van der Waals surface area contributed by atoms with Crippen LogP contribution in [0, 0.1) is 18.3 Å². The number of nitriles is 1. The first-order valence-electron chi connectivity index (χ1n) is 5.24. The van der Waals surface area contributed by atoms with Crippen LogP contribution in [-0.4, -0.2) is 0 Å². The van der Waals surface area contributed by atoms with Crippen molar-refractivity contribution >= 4 is 17.4 Å². The summed E-state index contributed by atoms with van der Waals surface area (Å²) in [7, 11) is 0. The molecule has 3 heteroatoms. The number of rotatable bonds is 2. The summed E-state index contributed by atoms with van der Waals surface area (Å²) in [5.41, 5.74) is 8.39. The average molecular weight is 240 g/mol. The Balaban J connectivity index is 2.32. The molecule has 0 saturated heterocycles. The second kappa shape index (κ2) is 4.94. The van der Waals surface area contributed by atoms with Gasteiger partial charge >= 0.3 is 0 Å². The maximum Gasteiger partial charge on any atom is 0.0992 e. The summed E-state index contributed by atoms with van der Waals surface area (Å²) < 4.78 is 0. The number of nitrogens with two attached hydrogens (primary N) is 1. The number of hydrogen-bond donors (Lipinski definition) is 1. The molecule has 0 bridgehead atoms. The Labute approximate surface area is 105 Å². The van der Waals surface area contributed by atoms with E-state index in [1.165, 1.54) is 10.5 Å². The molecule has 0 unspecified atom stereocenters. The van der Waals surface area contributed by atoms with Crippen LogP contribution < -0.4 is 5.73 Å². The van der Waals surface area contributed by atoms with E-state index in [9.17, 15) is 0 Å². The molecule has 0 radical (unpaired) electrons. The van der Waals surface area contributed by atoms with E-state index >= 15 is 0 Å². The highest BCUT2D eigenvalue weighted by atomic mass is 32.2. The van der Waals surface area contributed by atoms with Crippen LogP contribution in [0.2, 0.25) is 0 Å². The highest BCUT2D eigenvalue weighted by Crippen LogP contribution is 2.34. The van der Waals surface area contributed by atoms with Crippen LogP contribution in [-0.2, 0) is 0 Å². The molecule has 2 N–H and O–H groups in total. The van der Waals surface area contributed by atoms with Gasteiger partial charge in [-0.05, 0) is 36.8 Å². The molecule has 0 aliphatic rings. The number of anilines is 1. The first-order valence-corrected chi connectivity index (χ1v) is 6.05. The first kappa shape index (κ1) is 11.6. The minimum atomic E-state index is 0.594. The molecule has 0 saturated carbocycles. The van der Waals surface area contributed by atoms with E-state index in [1.54, 1.807) is 23.9 Å². The van der Waals surface area contributed by atoms with Crippen LogP contribution in [0.4, 0.5) is 5.69 Å². The van der Waals surface area contributed by atoms with Gasteiger partial charge in [0.05, 0.1) is 11.6 Å². The van der Waals surface area contributed by atoms with E-state index in [1.807, 2.05) is 18.2 Å². The molecule has 2 aromatic carbocycles. The lowest BCUT2D eigenvalue weighted by Gasteiger charge is -2.07. The lowest BCUT2D eigenvalue weighted by Crippen LogP contribution is -1.90. The van der Waals surface area contributed by atoms with Gasteiger partial charge in [-0.2, -0.15) is 5.26 Å². The molecular weight excluding hydrogens is 228 g/mol. The molecule has 0 aromatic heterocycles. The van der Waals surface area contributed by atoms with Gasteiger partial charge in [0.2, 0.25) is 0 Å². The normalized spacial score (nSPS) is 9.88. The van der Waals surface area contributed by atoms with Crippen molar-refractivity contribution in [3.63, 3.8) is 0 Å². The van der Waals surface area contributed by atoms with Crippen molar-refractivity contribution in [1.29, 1.82) is 5.26 Å². The smallest absolute Gasteiger partial charge is 0.0992 e. The minimum absolute atomic E-state index is 0.594. The predicted molar refractivity (Wildman–Crippen MR) is 70.9 cm³/mol. The van der Waals surface area contributed by atoms with E-state index < -0.39 is 0 Å². The highest BCUT2D eigenvalue weighted by molar-refractivity contribution is 7.99. The van der Waals surface area contributed by atoms with Gasteiger partial charge in [-0.25, -0.2) is 0 Å². The van der Waals surface area contributed by atoms with E-state index in [-0.39, 0.29) is 0 Å². The zero-order chi connectivity index (χ0) is 12.3. The summed E-state index contributed by atoms with van der Waals surface area (Å²) in [5.74, 6) is 0. The van der Waals surface area contributed by atoms with Crippen LogP contribution in [0.5, 0.6) is 0 Å². The SMILES string of the molecule is Cc1ccccc1Sc1ccc(C#N)cc1N. The van der Waals surface area contributed by atoms with Crippen molar-refractivity contribution in [2.75, 3.05) is 5.73 Å². The highest BCUT2D eigenvalue weighted by Gasteiger charge is 2.04. The Morgan fingerprint density at radius 3 is 2.53 bits per heavy atom. The van der Waals surface area contributed by atoms with Gasteiger partial charge in [-0.1, -0.05) is 30.0 Å². The maximum atomic E-state index is 8.77. The number of hydrogen-bond acceptors (Lipinski definition) is 3. The zero-order valence-electron chi connectivity index (χ0n) is 9.47. The molecule has 0 aliphatic carbocycles. The fourth-order valence-corrected chi connectivity index (χ4v) is 2.43. The van der Waals surface area contributed by atoms with Crippen molar-refractivity contribution in [3.8, 4) is 6.07 Å². The first-order chi connectivity index (χ1) is 8.20. The van der Waals surface area contributed by atoms with E-state index in [2.05, 4.69) is 25.1 Å². The average Bonchev–Trinajstić information content (AvgIpc) is 2.34. The van der Waals surface area contributed by atoms with Crippen LogP contribution >= 0.6 is 11.8 Å². The summed E-state index contributed by atoms with van der Waals surface area (Å²) in [6, 6.07) is 15.6. The van der Waals surface area contributed by atoms with Crippen molar-refractivity contribution in [2.24, 2.45) is 0 Å². The zero-order valence-corrected chi connectivity index (χ0v) is 10.3. The lowest BCUT2D eigenvalue weighted by atomic mass is 10.2. The third kappa shape index (κ3) is 2.61. The van der Waals surface area contributed by atoms with Gasteiger partial charge in [-0.15, -0.1) is 0 Å². The van der Waals surface area contributed by atoms with Crippen LogP contribution in [0.25, 0.3) is 0 Å². The van der Waals surface area contributed by atoms with Crippen molar-refractivity contribution in [3.05, 3.63) is 53.6 Å². The second-order valence-electron chi connectivity index (χ2n) is 3.73. The quantitative estimate of drug-likeness (QED) is 0.816. The van der Waals surface area contributed by atoms with Crippen molar-refractivity contribution in [1.82, 2.24) is 0 Å². The topological polar surface area (TPSA) is 49.8 Å². The summed E-state index contributed by atoms with van der Waals surface area (Å²) >= 11 is 1.63. The standard InChI is InChI=1S/C14H12N2S/c1-10-4-2-3-5-13(10)17-14-7-6-11(9-15)8-12(14)16/h2-8H,16H2,1H3. The molecule has 17 heavy (non-hydrogen) atoms. The summed E-state index contributed by atoms with van der Waals surface area (Å²) in [5, 5.41) is 8.77. The molecule has 0 atom stereocenters. The van der Waals surface area contributed by atoms with E-state index in [0.29, 0.717) is 11.3 Å². The van der Waals surface area contributed by atoms with Crippen LogP contribution in [0.15, 0.2) is 52.3 Å². The van der Waals surface area contributed by atoms with Gasteiger partial charge in [0, 0.05) is 15.5 Å². The molecular formula is C14H12N2S. The van der Waals surface area contributed by atoms with Gasteiger partial charge in [0.25, 0.3) is 0 Å². The Kier molecular flexibility index (Phi) is 3.36. The molecule has 0 aliphatic heterocycles. The third-order valence-electron chi connectivity index (χ3n) is 2.45. The molecule has 0 fully saturated rings. The number of benzene rings is 2. The molecule has 84 valence electrons. The Morgan fingerprint density at radius 2 is 1.88 bits per heavy atom. The van der Waals surface area contributed by atoms with Crippen LogP contribution in [0.3, 0.4) is 0 Å². The van der Waals surface area contributed by atoms with Crippen LogP contribution in [0.1, 0.15) is 11.1 Å². The fraction of sp³-hybridized carbons (Fsp3) is 0.0714. The second-order valence-corrected chi connectivity index (χ2v) is 4.82. The fourth-order valence-electron chi connectivity index (χ4n) is 1.50. The van der Waals surface area contributed by atoms with E-state index in [0.717, 1.165) is 4.90 Å². The molecule has 2 aromatic rings. The largest absolute Gasteiger partial charge is 0.398 e. The minimum Gasteiger partial charge on any atom is -0.398 e. The molecule has 0 heterocycles. The predicted octanol–water partition coefficient (Wildman–Crippen LogP) is 3.60. The van der Waals surface area contributed by atoms with Crippen molar-refractivity contribution < 1.29 is 0 Å². The Hall–Kier alpha value is -1.92.